The van der Waals surface area contributed by atoms with E-state index in [1.165, 1.54) is 5.56 Å². The minimum atomic E-state index is -0.385. The van der Waals surface area contributed by atoms with Crippen molar-refractivity contribution in [3.63, 3.8) is 0 Å². The first-order valence-electron chi connectivity index (χ1n) is 16.2. The first-order chi connectivity index (χ1) is 20.9. The van der Waals surface area contributed by atoms with Crippen LogP contribution in [0.4, 0.5) is 0 Å². The van der Waals surface area contributed by atoms with Crippen LogP contribution in [0.3, 0.4) is 0 Å². The monoisotopic (exact) mass is 602 g/mol. The molecule has 1 aromatic heterocycles. The van der Waals surface area contributed by atoms with Gasteiger partial charge in [-0.2, -0.15) is 0 Å². The van der Waals surface area contributed by atoms with Crippen molar-refractivity contribution in [3.05, 3.63) is 90.5 Å². The molecule has 6 rings (SSSR count). The fourth-order valence-corrected chi connectivity index (χ4v) is 6.02. The Bertz CT molecular complexity index is 1550. The molecule has 45 heavy (non-hydrogen) atoms. The Kier molecular flexibility index (Phi) is 7.60. The summed E-state index contributed by atoms with van der Waals surface area (Å²) in [5.41, 5.74) is 8.07. The van der Waals surface area contributed by atoms with Crippen molar-refractivity contribution >= 4 is 25.1 Å². The van der Waals surface area contributed by atoms with Gasteiger partial charge in [0.15, 0.2) is 0 Å². The molecule has 0 saturated carbocycles. The average molecular weight is 602 g/mol. The Morgan fingerprint density at radius 3 is 1.44 bits per heavy atom. The lowest BCUT2D eigenvalue weighted by Gasteiger charge is -2.33. The number of rotatable bonds is 5. The van der Waals surface area contributed by atoms with Gasteiger partial charge in [-0.25, -0.2) is 0 Å². The van der Waals surface area contributed by atoms with Crippen LogP contribution in [0.5, 0.6) is 0 Å². The molecule has 3 heterocycles. The molecule has 2 aliphatic heterocycles. The summed E-state index contributed by atoms with van der Waals surface area (Å²) in [6.45, 7) is 23.8. The second kappa shape index (κ2) is 10.7. The zero-order chi connectivity index (χ0) is 32.6. The van der Waals surface area contributed by atoms with Crippen LogP contribution >= 0.6 is 0 Å². The van der Waals surface area contributed by atoms with Gasteiger partial charge in [0.1, 0.15) is 0 Å². The van der Waals surface area contributed by atoms with E-state index < -0.39 is 0 Å². The molecule has 0 spiro atoms. The number of nitrogens with zero attached hydrogens (tertiary/aromatic N) is 1. The molecule has 0 bridgehead atoms. The van der Waals surface area contributed by atoms with E-state index in [1.807, 2.05) is 0 Å². The Morgan fingerprint density at radius 1 is 0.556 bits per heavy atom. The second-order valence-corrected chi connectivity index (χ2v) is 15.8. The van der Waals surface area contributed by atoms with Crippen molar-refractivity contribution in [2.75, 3.05) is 0 Å². The van der Waals surface area contributed by atoms with Gasteiger partial charge in [0, 0.05) is 11.2 Å². The molecule has 0 unspecified atom stereocenters. The van der Waals surface area contributed by atoms with Gasteiger partial charge in [-0.1, -0.05) is 81.4 Å². The largest absolute Gasteiger partial charge is 0.494 e. The van der Waals surface area contributed by atoms with E-state index in [2.05, 4.69) is 171 Å². The van der Waals surface area contributed by atoms with Crippen molar-refractivity contribution in [3.8, 4) is 28.2 Å². The lowest BCUT2D eigenvalue weighted by molar-refractivity contribution is 0.00578. The smallest absolute Gasteiger partial charge is 0.411 e. The predicted molar refractivity (Wildman–Crippen MR) is 189 cm³/mol. The first kappa shape index (κ1) is 31.9. The molecule has 2 aliphatic rings. The SMILES string of the molecule is CC(C)(C)c1ccc(-n2c(-c3ccc(B4NC(C)(C)C(C)(C)O4)cc3)ccc2-c2ccc(B3OC(C)(C)C(C)(C)O3)cc2)cc1. The molecule has 0 atom stereocenters. The Labute approximate surface area is 271 Å². The summed E-state index contributed by atoms with van der Waals surface area (Å²) in [5.74, 6) is 0. The molecular formula is C38H48B2N2O3. The van der Waals surface area contributed by atoms with E-state index in [1.54, 1.807) is 0 Å². The standard InChI is InChI=1S/C38H48B2N2O3/c1-34(2,3)28-16-22-31(23-17-28)42-32(26-12-18-29(19-13-26)39-41-35(4,5)36(6,7)43-39)24-25-33(42)27-14-20-30(21-15-27)40-44-37(8,9)38(10,11)45-40/h12-25,41H,1-11H3. The Balaban J connectivity index is 1.36. The molecule has 0 aliphatic carbocycles. The number of hydrogen-bond donors (Lipinski definition) is 1. The Morgan fingerprint density at radius 2 is 1.02 bits per heavy atom. The molecule has 2 fully saturated rings. The lowest BCUT2D eigenvalue weighted by atomic mass is 9.73. The average Bonchev–Trinajstić information content (AvgIpc) is 3.56. The molecule has 3 aromatic carbocycles. The van der Waals surface area contributed by atoms with Crippen molar-refractivity contribution < 1.29 is 14.0 Å². The molecule has 0 radical (unpaired) electrons. The van der Waals surface area contributed by atoms with E-state index >= 15 is 0 Å². The van der Waals surface area contributed by atoms with E-state index in [0.717, 1.165) is 39.1 Å². The fourth-order valence-electron chi connectivity index (χ4n) is 6.02. The summed E-state index contributed by atoms with van der Waals surface area (Å²) in [7, 11) is -0.525. The summed E-state index contributed by atoms with van der Waals surface area (Å²) >= 11 is 0. The normalized spacial score (nSPS) is 20.2. The number of hydrogen-bond acceptors (Lipinski definition) is 4. The molecule has 2 saturated heterocycles. The maximum absolute atomic E-state index is 6.42. The minimum absolute atomic E-state index is 0.0829. The van der Waals surface area contributed by atoms with Crippen LogP contribution in [-0.4, -0.2) is 41.1 Å². The van der Waals surface area contributed by atoms with Gasteiger partial charge in [-0.05, 0) is 113 Å². The molecular weight excluding hydrogens is 554 g/mol. The third-order valence-corrected chi connectivity index (χ3v) is 10.5. The van der Waals surface area contributed by atoms with Gasteiger partial charge >= 0.3 is 14.2 Å². The van der Waals surface area contributed by atoms with E-state index in [-0.39, 0.29) is 41.9 Å². The Hall–Kier alpha value is -3.09. The highest BCUT2D eigenvalue weighted by Crippen LogP contribution is 2.38. The summed E-state index contributed by atoms with van der Waals surface area (Å²) in [4.78, 5) is 0. The van der Waals surface area contributed by atoms with Gasteiger partial charge in [-0.15, -0.1) is 0 Å². The summed E-state index contributed by atoms with van der Waals surface area (Å²) in [5, 5.41) is 3.66. The number of benzene rings is 3. The van der Waals surface area contributed by atoms with Crippen molar-refractivity contribution in [2.24, 2.45) is 0 Å². The topological polar surface area (TPSA) is 44.7 Å². The van der Waals surface area contributed by atoms with Gasteiger partial charge in [0.2, 0.25) is 0 Å². The fraction of sp³-hybridized carbons (Fsp3) is 0.421. The molecule has 1 N–H and O–H groups in total. The number of aromatic nitrogens is 1. The van der Waals surface area contributed by atoms with Crippen molar-refractivity contribution in [2.45, 2.75) is 104 Å². The van der Waals surface area contributed by atoms with Crippen LogP contribution in [0.1, 0.15) is 81.7 Å². The van der Waals surface area contributed by atoms with E-state index in [9.17, 15) is 0 Å². The summed E-state index contributed by atoms with van der Waals surface area (Å²) in [6, 6.07) is 30.8. The van der Waals surface area contributed by atoms with E-state index in [4.69, 9.17) is 14.0 Å². The minimum Gasteiger partial charge on any atom is -0.411 e. The predicted octanol–water partition coefficient (Wildman–Crippen LogP) is 7.28. The molecule has 5 nitrogen and oxygen atoms in total. The highest BCUT2D eigenvalue weighted by atomic mass is 16.7. The maximum Gasteiger partial charge on any atom is 0.494 e. The van der Waals surface area contributed by atoms with Crippen LogP contribution in [0, 0.1) is 0 Å². The first-order valence-corrected chi connectivity index (χ1v) is 16.2. The van der Waals surface area contributed by atoms with Crippen LogP contribution in [-0.2, 0) is 19.4 Å². The summed E-state index contributed by atoms with van der Waals surface area (Å²) in [6.07, 6.45) is 0. The van der Waals surface area contributed by atoms with Crippen LogP contribution in [0.15, 0.2) is 84.9 Å². The zero-order valence-electron chi connectivity index (χ0n) is 28.9. The van der Waals surface area contributed by atoms with Gasteiger partial charge < -0.3 is 23.8 Å². The second-order valence-electron chi connectivity index (χ2n) is 15.8. The van der Waals surface area contributed by atoms with Crippen molar-refractivity contribution in [1.29, 1.82) is 0 Å². The zero-order valence-corrected chi connectivity index (χ0v) is 28.9. The van der Waals surface area contributed by atoms with Gasteiger partial charge in [0.25, 0.3) is 0 Å². The lowest BCUT2D eigenvalue weighted by Crippen LogP contribution is -2.51. The highest BCUT2D eigenvalue weighted by molar-refractivity contribution is 6.66. The van der Waals surface area contributed by atoms with E-state index in [0.29, 0.717) is 0 Å². The van der Waals surface area contributed by atoms with Crippen LogP contribution in [0.2, 0.25) is 0 Å². The maximum atomic E-state index is 6.42. The summed E-state index contributed by atoms with van der Waals surface area (Å²) < 4.78 is 21.4. The third-order valence-electron chi connectivity index (χ3n) is 10.5. The van der Waals surface area contributed by atoms with Crippen LogP contribution < -0.4 is 16.2 Å². The number of nitrogens with one attached hydrogen (secondary N) is 1. The van der Waals surface area contributed by atoms with Gasteiger partial charge in [0.05, 0.1) is 28.2 Å². The third kappa shape index (κ3) is 5.74. The molecule has 0 amide bonds. The highest BCUT2D eigenvalue weighted by Gasteiger charge is 2.52. The molecule has 7 heteroatoms. The molecule has 4 aromatic rings. The van der Waals surface area contributed by atoms with Crippen LogP contribution in [0.25, 0.3) is 28.2 Å². The van der Waals surface area contributed by atoms with Gasteiger partial charge in [-0.3, -0.25) is 0 Å². The molecule has 234 valence electrons. The van der Waals surface area contributed by atoms with Crippen molar-refractivity contribution in [1.82, 2.24) is 9.79 Å². The quantitative estimate of drug-likeness (QED) is 0.244.